The van der Waals surface area contributed by atoms with Gasteiger partial charge in [0.15, 0.2) is 0 Å². The lowest BCUT2D eigenvalue weighted by Crippen LogP contribution is -1.57. The zero-order chi connectivity index (χ0) is 13.4. The minimum Gasteiger partial charge on any atom is -0.397 e. The van der Waals surface area contributed by atoms with Crippen LogP contribution in [-0.2, 0) is 4.79 Å². The summed E-state index contributed by atoms with van der Waals surface area (Å²) in [5, 5.41) is 31.6. The number of carbonyl (C=O) groups excluding carboxylic acids is 1. The van der Waals surface area contributed by atoms with E-state index in [-0.39, 0.29) is 101 Å². The van der Waals surface area contributed by atoms with Crippen LogP contribution >= 0.6 is 49.6 Å². The first-order valence-electron chi connectivity index (χ1n) is 2.55. The highest BCUT2D eigenvalue weighted by molar-refractivity contribution is 15.0. The molecule has 0 saturated heterocycles. The highest BCUT2D eigenvalue weighted by Crippen LogP contribution is 1.89. The molecule has 188 valence electrons. The van der Waals surface area contributed by atoms with Crippen LogP contribution < -0.4 is 0 Å². The van der Waals surface area contributed by atoms with Crippen molar-refractivity contribution in [2.45, 2.75) is 95.5 Å². The fourth-order valence-electron chi connectivity index (χ4n) is 0. The Morgan fingerprint density at radius 1 is 0.654 bits per heavy atom. The van der Waals surface area contributed by atoms with Crippen LogP contribution in [-0.4, -0.2) is 39.0 Å². The fourth-order valence-corrected chi connectivity index (χ4v) is 0. The third kappa shape index (κ3) is 20900. The van der Waals surface area contributed by atoms with E-state index < -0.39 is 0 Å². The van der Waals surface area contributed by atoms with E-state index in [1.807, 2.05) is 0 Å². The molecule has 0 aliphatic rings. The molecule has 0 saturated carbocycles. The molecule has 0 fully saturated rings. The van der Waals surface area contributed by atoms with E-state index in [1.165, 1.54) is 6.92 Å². The third-order valence-electron chi connectivity index (χ3n) is 0. The fraction of sp³-hybridized carbons (Fsp3) is 0.933. The van der Waals surface area contributed by atoms with E-state index in [2.05, 4.69) is 37.2 Å². The molecule has 0 bridgehead atoms. The molecule has 0 aromatic heterocycles. The molecule has 0 rings (SSSR count). The molecule has 0 atom stereocenters. The van der Waals surface area contributed by atoms with Crippen molar-refractivity contribution in [3.63, 3.8) is 0 Å². The Labute approximate surface area is 198 Å². The van der Waals surface area contributed by atoms with Gasteiger partial charge in [0, 0.05) is 53.8 Å². The largest absolute Gasteiger partial charge is 0.397 e. The van der Waals surface area contributed by atoms with Crippen molar-refractivity contribution in [2.24, 2.45) is 0 Å². The predicted octanol–water partition coefficient (Wildman–Crippen LogP) is 9.50. The van der Waals surface area contributed by atoms with E-state index in [1.54, 1.807) is 6.92 Å². The maximum atomic E-state index is 8.81. The molecule has 26 heavy (non-hydrogen) atoms. The number of rotatable bonds is 0. The van der Waals surface area contributed by atoms with Gasteiger partial charge >= 0.3 is 0 Å². The Bertz CT molecular complexity index is 58.8. The predicted molar refractivity (Wildman–Crippen MR) is 151 cm³/mol. The van der Waals surface area contributed by atoms with Crippen LogP contribution in [0.4, 0.5) is 0 Å². The third-order valence-corrected chi connectivity index (χ3v) is 0. The van der Waals surface area contributed by atoms with Crippen molar-refractivity contribution >= 4 is 55.9 Å². The Hall–Kier alpha value is 0.820. The number of aliphatic hydroxyl groups is 1. The Kier molecular flexibility index (Phi) is 17700. The Morgan fingerprint density at radius 3 is 0.654 bits per heavy atom. The summed E-state index contributed by atoms with van der Waals surface area (Å²) >= 11 is 4.24. The van der Waals surface area contributed by atoms with Crippen molar-refractivity contribution in [2.75, 3.05) is 6.61 Å². The van der Waals surface area contributed by atoms with E-state index in [4.69, 9.17) is 40.9 Å². The number of aliphatic hydroxyl groups excluding tert-OH is 1. The van der Waals surface area contributed by atoms with E-state index >= 15 is 0 Å². The van der Waals surface area contributed by atoms with Gasteiger partial charge in [0.1, 0.15) is 6.29 Å². The SMILES string of the molecule is C.C.C.C.C.C.C.C.C.C.C.CC=O.CCO.Cl.II.O=O.OO.OO. The molecule has 11 heteroatoms. The molecule has 0 aromatic rings. The van der Waals surface area contributed by atoms with Crippen LogP contribution in [0.3, 0.4) is 0 Å². The number of hydrogen-bond acceptors (Lipinski definition) is 8. The summed E-state index contributed by atoms with van der Waals surface area (Å²) in [6, 6.07) is 0. The molecule has 0 unspecified atom stereocenters. The van der Waals surface area contributed by atoms with Crippen LogP contribution in [0.1, 0.15) is 95.5 Å². The number of halogens is 3. The zero-order valence-electron chi connectivity index (χ0n) is 7.91. The lowest BCUT2D eigenvalue weighted by atomic mass is 10.9. The van der Waals surface area contributed by atoms with E-state index in [9.17, 15) is 0 Å². The van der Waals surface area contributed by atoms with Gasteiger partial charge in [-0.1, -0.05) is 81.7 Å². The molecule has 8 nitrogen and oxygen atoms in total. The monoisotopic (exact) mass is 656 g/mol. The minimum atomic E-state index is 0. The Balaban J connectivity index is -0.00000000170. The van der Waals surface area contributed by atoms with Crippen LogP contribution in [0.25, 0.3) is 0 Å². The van der Waals surface area contributed by atoms with Crippen LogP contribution in [0.15, 0.2) is 0 Å². The first-order valence-corrected chi connectivity index (χ1v) is 8.83. The maximum Gasteiger partial charge on any atom is 0.116 e. The van der Waals surface area contributed by atoms with Crippen LogP contribution in [0.5, 0.6) is 0 Å². The lowest BCUT2D eigenvalue weighted by molar-refractivity contribution is -0.176. The Morgan fingerprint density at radius 2 is 0.654 bits per heavy atom. The summed E-state index contributed by atoms with van der Waals surface area (Å²) in [6.07, 6.45) is 0.750. The summed E-state index contributed by atoms with van der Waals surface area (Å²) in [4.78, 5) is 22.8. The van der Waals surface area contributed by atoms with Gasteiger partial charge in [-0.2, -0.15) is 0 Å². The topological polar surface area (TPSA) is 152 Å². The molecule has 0 spiro atoms. The second-order valence-corrected chi connectivity index (χ2v) is 0.552. The van der Waals surface area contributed by atoms with Gasteiger partial charge < -0.3 is 9.90 Å². The summed E-state index contributed by atoms with van der Waals surface area (Å²) < 4.78 is 0. The van der Waals surface area contributed by atoms with Crippen molar-refractivity contribution in [1.82, 2.24) is 0 Å². The van der Waals surface area contributed by atoms with Gasteiger partial charge in [-0.3, -0.25) is 21.0 Å². The molecular formula is C15H59ClI2O8. The highest BCUT2D eigenvalue weighted by Gasteiger charge is 1.34. The van der Waals surface area contributed by atoms with E-state index in [0.29, 0.717) is 0 Å². The first-order chi connectivity index (χ1) is 6.83. The molecule has 0 aromatic carbocycles. The summed E-state index contributed by atoms with van der Waals surface area (Å²) in [6.45, 7) is 3.38. The van der Waals surface area contributed by atoms with E-state index in [0.717, 1.165) is 6.29 Å². The zero-order valence-corrected chi connectivity index (χ0v) is 13.0. The summed E-state index contributed by atoms with van der Waals surface area (Å²) in [7, 11) is 0. The smallest absolute Gasteiger partial charge is 0.116 e. The summed E-state index contributed by atoms with van der Waals surface area (Å²) in [5.41, 5.74) is 0. The molecular weight excluding hydrogens is 597 g/mol. The van der Waals surface area contributed by atoms with Gasteiger partial charge in [0.05, 0.1) is 0 Å². The quantitative estimate of drug-likeness (QED) is 0.0748. The molecule has 0 aliphatic heterocycles. The maximum absolute atomic E-state index is 8.81. The van der Waals surface area contributed by atoms with Gasteiger partial charge in [-0.15, -0.1) is 12.4 Å². The average Bonchev–Trinajstić information content (AvgIpc) is 2.31. The van der Waals surface area contributed by atoms with Crippen molar-refractivity contribution in [3.05, 3.63) is 9.93 Å². The van der Waals surface area contributed by atoms with Crippen molar-refractivity contribution < 1.29 is 30.9 Å². The number of aldehydes is 1. The van der Waals surface area contributed by atoms with Crippen LogP contribution in [0.2, 0.25) is 0 Å². The lowest BCUT2D eigenvalue weighted by Gasteiger charge is -1.52. The molecule has 5 N–H and O–H groups in total. The highest BCUT2D eigenvalue weighted by atomic mass is 128. The van der Waals surface area contributed by atoms with Crippen molar-refractivity contribution in [1.29, 1.82) is 0 Å². The number of hydrogen-bond donors (Lipinski definition) is 5. The van der Waals surface area contributed by atoms with Gasteiger partial charge in [0.25, 0.3) is 0 Å². The molecule has 0 radical (unpaired) electrons. The average molecular weight is 657 g/mol. The normalized spacial score (nSPS) is 2.04. The van der Waals surface area contributed by atoms with Crippen molar-refractivity contribution in [3.8, 4) is 0 Å². The van der Waals surface area contributed by atoms with Crippen LogP contribution in [0, 0.1) is 9.93 Å². The summed E-state index contributed by atoms with van der Waals surface area (Å²) in [5.74, 6) is 0. The minimum absolute atomic E-state index is 0. The second-order valence-electron chi connectivity index (χ2n) is 0.552. The van der Waals surface area contributed by atoms with Gasteiger partial charge in [-0.05, 0) is 13.8 Å². The van der Waals surface area contributed by atoms with Gasteiger partial charge in [0.2, 0.25) is 0 Å². The standard InChI is InChI=1S/C2H6O.C2H4O.11CH4.ClH.I2.2H2O2.O2/c2*1-2-3;;;;;;;;;;;;;4*1-2/h3H,2H2,1H3;2H,1H3;11*1H4;1H;;2*1-2H;. The molecule has 0 aliphatic carbocycles. The second kappa shape index (κ2) is 2000. The number of carbonyl (C=O) groups is 1. The molecule has 0 amide bonds. The van der Waals surface area contributed by atoms with Gasteiger partial charge in [-0.25, -0.2) is 0 Å². The molecule has 0 heterocycles. The first kappa shape index (κ1) is 230.